The third-order valence-corrected chi connectivity index (χ3v) is 3.90. The maximum absolute atomic E-state index is 10.3. The van der Waals surface area contributed by atoms with E-state index in [1.165, 1.54) is 0 Å². The van der Waals surface area contributed by atoms with Crippen LogP contribution in [0.5, 0.6) is 0 Å². The second kappa shape index (κ2) is 16.5. The smallest absolute Gasteiger partial charge is 0.335 e. The minimum Gasteiger partial charge on any atom is -0.478 e. The SMILES string of the molecule is Cc1ccc(C(=O)O)cc1.Cc1ccc(C(=O)O)cc1.Cc1ccc(C(=O)O)cc1.[Zr].[Zr]. The molecule has 8 heteroatoms. The second-order valence-corrected chi connectivity index (χ2v) is 6.51. The normalized spacial score (nSPS) is 8.72. The average molecular weight is 591 g/mol. The van der Waals surface area contributed by atoms with Crippen molar-refractivity contribution in [3.63, 3.8) is 0 Å². The first kappa shape index (κ1) is 32.0. The fraction of sp³-hybridized carbons (Fsp3) is 0.125. The molecule has 3 rings (SSSR count). The third-order valence-electron chi connectivity index (χ3n) is 3.90. The summed E-state index contributed by atoms with van der Waals surface area (Å²) in [7, 11) is 0. The minimum atomic E-state index is -0.875. The Morgan fingerprint density at radius 2 is 0.594 bits per heavy atom. The van der Waals surface area contributed by atoms with E-state index in [2.05, 4.69) is 0 Å². The minimum absolute atomic E-state index is 0. The zero-order valence-corrected chi connectivity index (χ0v) is 22.9. The number of aromatic carboxylic acids is 3. The predicted octanol–water partition coefficient (Wildman–Crippen LogP) is 5.07. The van der Waals surface area contributed by atoms with Crippen LogP contribution in [0.15, 0.2) is 72.8 Å². The molecule has 3 aromatic carbocycles. The van der Waals surface area contributed by atoms with Gasteiger partial charge in [-0.25, -0.2) is 14.4 Å². The van der Waals surface area contributed by atoms with Crippen LogP contribution in [0.4, 0.5) is 0 Å². The van der Waals surface area contributed by atoms with E-state index >= 15 is 0 Å². The van der Waals surface area contributed by atoms with E-state index in [4.69, 9.17) is 15.3 Å². The Morgan fingerprint density at radius 3 is 0.719 bits per heavy atom. The first-order valence-corrected chi connectivity index (χ1v) is 9.00. The van der Waals surface area contributed by atoms with Gasteiger partial charge in [-0.1, -0.05) is 53.1 Å². The Balaban J connectivity index is 0. The Hall–Kier alpha value is -2.16. The molecule has 0 bridgehead atoms. The van der Waals surface area contributed by atoms with Crippen molar-refractivity contribution >= 4 is 17.9 Å². The molecule has 0 amide bonds. The number of carboxylic acids is 3. The average Bonchev–Trinajstić information content (AvgIpc) is 2.70. The molecule has 0 saturated heterocycles. The van der Waals surface area contributed by atoms with E-state index in [1.807, 2.05) is 20.8 Å². The summed E-state index contributed by atoms with van der Waals surface area (Å²) in [6, 6.07) is 20.3. The molecule has 0 atom stereocenters. The van der Waals surface area contributed by atoms with E-state index in [9.17, 15) is 14.4 Å². The van der Waals surface area contributed by atoms with E-state index in [-0.39, 0.29) is 52.4 Å². The first-order valence-electron chi connectivity index (χ1n) is 9.00. The van der Waals surface area contributed by atoms with E-state index in [1.54, 1.807) is 72.8 Å². The van der Waals surface area contributed by atoms with Crippen LogP contribution >= 0.6 is 0 Å². The number of hydrogen-bond acceptors (Lipinski definition) is 3. The Labute approximate surface area is 225 Å². The van der Waals surface area contributed by atoms with Gasteiger partial charge in [0.05, 0.1) is 16.7 Å². The summed E-state index contributed by atoms with van der Waals surface area (Å²) < 4.78 is 0. The molecule has 0 radical (unpaired) electrons. The maximum Gasteiger partial charge on any atom is 0.335 e. The van der Waals surface area contributed by atoms with E-state index in [0.717, 1.165) is 16.7 Å². The topological polar surface area (TPSA) is 112 Å². The molecular formula is C24H24O6Zr2. The molecule has 0 aromatic heterocycles. The summed E-state index contributed by atoms with van der Waals surface area (Å²) >= 11 is 0. The van der Waals surface area contributed by atoms with Gasteiger partial charge in [0.15, 0.2) is 0 Å². The molecule has 0 saturated carbocycles. The summed E-state index contributed by atoms with van der Waals surface area (Å²) in [5.41, 5.74) is 4.24. The molecule has 0 spiro atoms. The largest absolute Gasteiger partial charge is 0.478 e. The molecule has 0 heterocycles. The molecule has 0 aliphatic carbocycles. The van der Waals surface area contributed by atoms with Crippen LogP contribution in [0.25, 0.3) is 0 Å². The van der Waals surface area contributed by atoms with Crippen LogP contribution in [-0.2, 0) is 52.4 Å². The van der Waals surface area contributed by atoms with Crippen molar-refractivity contribution in [2.24, 2.45) is 0 Å². The summed E-state index contributed by atoms with van der Waals surface area (Å²) in [5, 5.41) is 25.4. The van der Waals surface area contributed by atoms with E-state index < -0.39 is 17.9 Å². The van der Waals surface area contributed by atoms with Gasteiger partial charge in [-0.15, -0.1) is 0 Å². The predicted molar refractivity (Wildman–Crippen MR) is 114 cm³/mol. The Morgan fingerprint density at radius 1 is 0.438 bits per heavy atom. The van der Waals surface area contributed by atoms with Crippen LogP contribution in [-0.4, -0.2) is 33.2 Å². The third kappa shape index (κ3) is 12.6. The second-order valence-electron chi connectivity index (χ2n) is 6.51. The molecule has 0 aliphatic rings. The van der Waals surface area contributed by atoms with E-state index in [0.29, 0.717) is 16.7 Å². The summed E-state index contributed by atoms with van der Waals surface area (Å²) in [5.74, 6) is -2.62. The van der Waals surface area contributed by atoms with Crippen LogP contribution < -0.4 is 0 Å². The molecule has 0 aliphatic heterocycles. The van der Waals surface area contributed by atoms with Gasteiger partial charge in [-0.3, -0.25) is 0 Å². The van der Waals surface area contributed by atoms with Crippen LogP contribution in [0.1, 0.15) is 47.8 Å². The first-order chi connectivity index (χ1) is 14.1. The van der Waals surface area contributed by atoms with Gasteiger partial charge >= 0.3 is 17.9 Å². The van der Waals surface area contributed by atoms with Crippen LogP contribution in [0.2, 0.25) is 0 Å². The fourth-order valence-corrected chi connectivity index (χ4v) is 2.09. The van der Waals surface area contributed by atoms with Gasteiger partial charge in [0.2, 0.25) is 0 Å². The van der Waals surface area contributed by atoms with Crippen molar-refractivity contribution in [3.05, 3.63) is 106 Å². The molecule has 0 fully saturated rings. The van der Waals surface area contributed by atoms with Crippen molar-refractivity contribution in [1.29, 1.82) is 0 Å². The van der Waals surface area contributed by atoms with Crippen molar-refractivity contribution in [1.82, 2.24) is 0 Å². The number of aryl methyl sites for hydroxylation is 3. The number of carboxylic acid groups (broad SMARTS) is 3. The summed E-state index contributed by atoms with van der Waals surface area (Å²) in [6.07, 6.45) is 0. The Bertz CT molecular complexity index is 851. The molecule has 0 unspecified atom stereocenters. The monoisotopic (exact) mass is 588 g/mol. The number of benzene rings is 3. The van der Waals surface area contributed by atoms with Crippen molar-refractivity contribution in [2.75, 3.05) is 0 Å². The molecule has 6 nitrogen and oxygen atoms in total. The maximum atomic E-state index is 10.3. The van der Waals surface area contributed by atoms with Crippen molar-refractivity contribution in [3.8, 4) is 0 Å². The van der Waals surface area contributed by atoms with Crippen molar-refractivity contribution < 1.29 is 82.1 Å². The molecule has 32 heavy (non-hydrogen) atoms. The standard InChI is InChI=1S/3C8H8O2.2Zr/c3*1-6-2-4-7(5-3-6)8(9)10;;/h3*2-5H,1H3,(H,9,10);;. The quantitative estimate of drug-likeness (QED) is 0.393. The summed E-state index contributed by atoms with van der Waals surface area (Å²) in [6.45, 7) is 5.77. The molecular weight excluding hydrogens is 567 g/mol. The van der Waals surface area contributed by atoms with Crippen LogP contribution in [0.3, 0.4) is 0 Å². The molecule has 3 N–H and O–H groups in total. The van der Waals surface area contributed by atoms with Gasteiger partial charge in [0, 0.05) is 52.4 Å². The summed E-state index contributed by atoms with van der Waals surface area (Å²) in [4.78, 5) is 30.9. The van der Waals surface area contributed by atoms with Gasteiger partial charge in [0.1, 0.15) is 0 Å². The number of rotatable bonds is 3. The number of hydrogen-bond donors (Lipinski definition) is 3. The van der Waals surface area contributed by atoms with Gasteiger partial charge in [-0.2, -0.15) is 0 Å². The number of carbonyl (C=O) groups is 3. The van der Waals surface area contributed by atoms with Gasteiger partial charge in [0.25, 0.3) is 0 Å². The van der Waals surface area contributed by atoms with Gasteiger partial charge in [-0.05, 0) is 57.2 Å². The zero-order chi connectivity index (χ0) is 22.7. The fourth-order valence-electron chi connectivity index (χ4n) is 2.09. The Kier molecular flexibility index (Phi) is 16.5. The zero-order valence-electron chi connectivity index (χ0n) is 18.0. The van der Waals surface area contributed by atoms with Crippen molar-refractivity contribution in [2.45, 2.75) is 20.8 Å². The molecule has 3 aromatic rings. The van der Waals surface area contributed by atoms with Crippen LogP contribution in [0, 0.1) is 20.8 Å². The van der Waals surface area contributed by atoms with Gasteiger partial charge < -0.3 is 15.3 Å². The molecule has 164 valence electrons.